The highest BCUT2D eigenvalue weighted by Crippen LogP contribution is 2.23. The maximum Gasteiger partial charge on any atom is 0.307 e. The number of benzene rings is 3. The highest BCUT2D eigenvalue weighted by Gasteiger charge is 2.26. The van der Waals surface area contributed by atoms with Crippen LogP contribution in [0.4, 0.5) is 5.69 Å². The zero-order chi connectivity index (χ0) is 22.2. The molecule has 31 heavy (non-hydrogen) atoms. The third-order valence-corrected chi connectivity index (χ3v) is 4.87. The van der Waals surface area contributed by atoms with E-state index in [1.165, 1.54) is 0 Å². The molecule has 1 amide bonds. The largest absolute Gasteiger partial charge is 0.449 e. The van der Waals surface area contributed by atoms with Crippen LogP contribution in [0, 0.1) is 13.8 Å². The standard InChI is InChI=1S/C26H25NO4/c1-18-13-14-19(2)22(17-18)27-23(28)15-16-24(29)31-26(21-11-7-4-8-12-21)25(30)20-9-5-3-6-10-20/h3-14,17,26H,15-16H2,1-2H3,(H,27,28). The minimum Gasteiger partial charge on any atom is -0.449 e. The molecule has 0 fully saturated rings. The second kappa shape index (κ2) is 10.3. The van der Waals surface area contributed by atoms with Crippen molar-refractivity contribution >= 4 is 23.3 Å². The quantitative estimate of drug-likeness (QED) is 0.406. The van der Waals surface area contributed by atoms with Crippen molar-refractivity contribution in [3.8, 4) is 0 Å². The van der Waals surface area contributed by atoms with Crippen LogP contribution in [0.25, 0.3) is 0 Å². The average Bonchev–Trinajstić information content (AvgIpc) is 2.79. The van der Waals surface area contributed by atoms with E-state index in [9.17, 15) is 14.4 Å². The van der Waals surface area contributed by atoms with Gasteiger partial charge in [0.25, 0.3) is 0 Å². The molecule has 5 nitrogen and oxygen atoms in total. The molecular weight excluding hydrogens is 390 g/mol. The Kier molecular flexibility index (Phi) is 7.33. The monoisotopic (exact) mass is 415 g/mol. The van der Waals surface area contributed by atoms with Crippen molar-refractivity contribution < 1.29 is 19.1 Å². The number of amides is 1. The van der Waals surface area contributed by atoms with E-state index >= 15 is 0 Å². The number of nitrogens with one attached hydrogen (secondary N) is 1. The molecule has 0 aliphatic carbocycles. The smallest absolute Gasteiger partial charge is 0.307 e. The lowest BCUT2D eigenvalue weighted by atomic mass is 10.00. The van der Waals surface area contributed by atoms with E-state index in [1.807, 2.05) is 44.2 Å². The molecule has 0 aliphatic rings. The molecule has 1 unspecified atom stereocenters. The lowest BCUT2D eigenvalue weighted by molar-refractivity contribution is -0.148. The normalized spacial score (nSPS) is 11.4. The first-order valence-corrected chi connectivity index (χ1v) is 10.1. The van der Waals surface area contributed by atoms with Crippen molar-refractivity contribution in [2.45, 2.75) is 32.8 Å². The summed E-state index contributed by atoms with van der Waals surface area (Å²) in [6.45, 7) is 3.85. The maximum absolute atomic E-state index is 13.0. The minimum atomic E-state index is -1.06. The van der Waals surface area contributed by atoms with Gasteiger partial charge >= 0.3 is 5.97 Å². The number of anilines is 1. The number of esters is 1. The first kappa shape index (κ1) is 22.0. The van der Waals surface area contributed by atoms with E-state index in [4.69, 9.17) is 4.74 Å². The summed E-state index contributed by atoms with van der Waals surface area (Å²) >= 11 is 0. The van der Waals surface area contributed by atoms with Crippen LogP contribution in [0.1, 0.15) is 46.0 Å². The molecular formula is C26H25NO4. The van der Waals surface area contributed by atoms with Crippen molar-refractivity contribution in [2.75, 3.05) is 5.32 Å². The topological polar surface area (TPSA) is 72.5 Å². The van der Waals surface area contributed by atoms with E-state index in [-0.39, 0.29) is 24.5 Å². The molecule has 0 aromatic heterocycles. The number of rotatable bonds is 8. The van der Waals surface area contributed by atoms with Gasteiger partial charge in [-0.15, -0.1) is 0 Å². The summed E-state index contributed by atoms with van der Waals surface area (Å²) in [5.74, 6) is -1.19. The maximum atomic E-state index is 13.0. The zero-order valence-electron chi connectivity index (χ0n) is 17.6. The van der Waals surface area contributed by atoms with Gasteiger partial charge in [-0.05, 0) is 31.0 Å². The number of carbonyl (C=O) groups is 3. The molecule has 0 bridgehead atoms. The zero-order valence-corrected chi connectivity index (χ0v) is 17.6. The van der Waals surface area contributed by atoms with Crippen LogP contribution in [0.5, 0.6) is 0 Å². The van der Waals surface area contributed by atoms with Crippen molar-refractivity contribution in [3.05, 3.63) is 101 Å². The number of ketones is 1. The van der Waals surface area contributed by atoms with Gasteiger partial charge in [-0.25, -0.2) is 0 Å². The van der Waals surface area contributed by atoms with Crippen molar-refractivity contribution in [1.29, 1.82) is 0 Å². The number of aryl methyl sites for hydroxylation is 2. The van der Waals surface area contributed by atoms with Gasteiger partial charge in [0.05, 0.1) is 6.42 Å². The Labute approximate surface area is 182 Å². The fourth-order valence-corrected chi connectivity index (χ4v) is 3.14. The van der Waals surface area contributed by atoms with Gasteiger partial charge in [0, 0.05) is 23.2 Å². The van der Waals surface area contributed by atoms with Crippen molar-refractivity contribution in [2.24, 2.45) is 0 Å². The molecule has 158 valence electrons. The van der Waals surface area contributed by atoms with Crippen LogP contribution in [-0.2, 0) is 14.3 Å². The highest BCUT2D eigenvalue weighted by molar-refractivity contribution is 6.01. The summed E-state index contributed by atoms with van der Waals surface area (Å²) in [6, 6.07) is 23.4. The number of ether oxygens (including phenoxy) is 1. The Morgan fingerprint density at radius 2 is 1.48 bits per heavy atom. The van der Waals surface area contributed by atoms with Crippen molar-refractivity contribution in [1.82, 2.24) is 0 Å². The predicted molar refractivity (Wildman–Crippen MR) is 120 cm³/mol. The summed E-state index contributed by atoms with van der Waals surface area (Å²) in [6.07, 6.45) is -1.21. The molecule has 0 heterocycles. The van der Waals surface area contributed by atoms with E-state index in [2.05, 4.69) is 5.32 Å². The Bertz CT molecular complexity index is 1060. The Morgan fingerprint density at radius 3 is 2.16 bits per heavy atom. The number of hydrogen-bond donors (Lipinski definition) is 1. The van der Waals surface area contributed by atoms with Gasteiger partial charge in [0.1, 0.15) is 0 Å². The Morgan fingerprint density at radius 1 is 0.839 bits per heavy atom. The second-order valence-electron chi connectivity index (χ2n) is 7.38. The van der Waals surface area contributed by atoms with Gasteiger partial charge in [-0.3, -0.25) is 14.4 Å². The summed E-state index contributed by atoms with van der Waals surface area (Å²) in [5.41, 5.74) is 3.74. The fraction of sp³-hybridized carbons (Fsp3) is 0.192. The van der Waals surface area contributed by atoms with Crippen molar-refractivity contribution in [3.63, 3.8) is 0 Å². The van der Waals surface area contributed by atoms with Gasteiger partial charge in [-0.2, -0.15) is 0 Å². The molecule has 3 rings (SSSR count). The molecule has 0 radical (unpaired) electrons. The number of hydrogen-bond acceptors (Lipinski definition) is 4. The first-order valence-electron chi connectivity index (χ1n) is 10.1. The van der Waals surface area contributed by atoms with Crippen LogP contribution in [0.3, 0.4) is 0 Å². The number of Topliss-reactive ketones (excluding diaryl/α,β-unsaturated/α-hetero) is 1. The lowest BCUT2D eigenvalue weighted by Gasteiger charge is -2.17. The lowest BCUT2D eigenvalue weighted by Crippen LogP contribution is -2.21. The predicted octanol–water partition coefficient (Wildman–Crippen LogP) is 5.19. The summed E-state index contributed by atoms with van der Waals surface area (Å²) < 4.78 is 5.53. The first-order chi connectivity index (χ1) is 14.9. The third kappa shape index (κ3) is 6.12. The van der Waals surface area contributed by atoms with Crippen LogP contribution in [0.2, 0.25) is 0 Å². The van der Waals surface area contributed by atoms with E-state index in [1.54, 1.807) is 48.5 Å². The van der Waals surface area contributed by atoms with E-state index < -0.39 is 12.1 Å². The Hall–Kier alpha value is -3.73. The highest BCUT2D eigenvalue weighted by atomic mass is 16.5. The third-order valence-electron chi connectivity index (χ3n) is 4.87. The summed E-state index contributed by atoms with van der Waals surface area (Å²) in [7, 11) is 0. The van der Waals surface area contributed by atoms with E-state index in [0.29, 0.717) is 11.1 Å². The molecule has 1 N–H and O–H groups in total. The summed E-state index contributed by atoms with van der Waals surface area (Å²) in [5, 5.41) is 2.83. The van der Waals surface area contributed by atoms with Gasteiger partial charge in [0.2, 0.25) is 11.7 Å². The van der Waals surface area contributed by atoms with Crippen LogP contribution < -0.4 is 5.32 Å². The minimum absolute atomic E-state index is 0.0345. The second-order valence-corrected chi connectivity index (χ2v) is 7.38. The molecule has 0 spiro atoms. The molecule has 3 aromatic rings. The molecule has 3 aromatic carbocycles. The molecule has 0 saturated carbocycles. The SMILES string of the molecule is Cc1ccc(C)c(NC(=O)CCC(=O)OC(C(=O)c2ccccc2)c2ccccc2)c1. The van der Waals surface area contributed by atoms with Gasteiger partial charge in [-0.1, -0.05) is 72.8 Å². The van der Waals surface area contributed by atoms with Crippen LogP contribution in [0.15, 0.2) is 78.9 Å². The number of carbonyl (C=O) groups excluding carboxylic acids is 3. The van der Waals surface area contributed by atoms with Crippen LogP contribution in [-0.4, -0.2) is 17.7 Å². The molecule has 1 atom stereocenters. The van der Waals surface area contributed by atoms with Crippen LogP contribution >= 0.6 is 0 Å². The molecule has 0 saturated heterocycles. The Balaban J connectivity index is 1.64. The molecule has 5 heteroatoms. The summed E-state index contributed by atoms with van der Waals surface area (Å²) in [4.78, 5) is 37.8. The van der Waals surface area contributed by atoms with E-state index in [0.717, 1.165) is 16.8 Å². The van der Waals surface area contributed by atoms with Gasteiger partial charge in [0.15, 0.2) is 6.10 Å². The molecule has 0 aliphatic heterocycles. The fourth-order valence-electron chi connectivity index (χ4n) is 3.14. The average molecular weight is 415 g/mol. The van der Waals surface area contributed by atoms with Gasteiger partial charge < -0.3 is 10.1 Å².